The van der Waals surface area contributed by atoms with Crippen LogP contribution in [0.4, 0.5) is 17.6 Å². The van der Waals surface area contributed by atoms with Gasteiger partial charge in [-0.15, -0.1) is 0 Å². The highest BCUT2D eigenvalue weighted by molar-refractivity contribution is 9.10. The van der Waals surface area contributed by atoms with E-state index in [1.165, 1.54) is 6.33 Å². The number of piperazine rings is 1. The van der Waals surface area contributed by atoms with Crippen LogP contribution in [0.3, 0.4) is 0 Å². The molecule has 2 aromatic rings. The molecule has 0 aromatic carbocycles. The van der Waals surface area contributed by atoms with Gasteiger partial charge in [-0.3, -0.25) is 0 Å². The van der Waals surface area contributed by atoms with Gasteiger partial charge in [0.15, 0.2) is 0 Å². The fourth-order valence-electron chi connectivity index (χ4n) is 2.17. The van der Waals surface area contributed by atoms with Crippen LogP contribution in [-0.4, -0.2) is 46.1 Å². The van der Waals surface area contributed by atoms with Gasteiger partial charge in [-0.1, -0.05) is 0 Å². The number of anilines is 3. The molecule has 104 valence electrons. The molecule has 0 saturated carbocycles. The lowest BCUT2D eigenvalue weighted by Gasteiger charge is -2.35. The maximum absolute atomic E-state index is 5.79. The summed E-state index contributed by atoms with van der Waals surface area (Å²) in [7, 11) is 0. The fraction of sp³-hybridized carbons (Fsp3) is 0.333. The Labute approximate surface area is 125 Å². The van der Waals surface area contributed by atoms with Gasteiger partial charge in [0, 0.05) is 38.6 Å². The van der Waals surface area contributed by atoms with Crippen LogP contribution in [0.5, 0.6) is 0 Å². The number of rotatable bonds is 2. The van der Waals surface area contributed by atoms with Crippen LogP contribution < -0.4 is 15.5 Å². The maximum Gasteiger partial charge on any atom is 0.225 e. The van der Waals surface area contributed by atoms with Crippen molar-refractivity contribution in [3.05, 3.63) is 29.3 Å². The molecule has 1 aliphatic rings. The van der Waals surface area contributed by atoms with Crippen molar-refractivity contribution in [2.75, 3.05) is 41.7 Å². The van der Waals surface area contributed by atoms with Crippen LogP contribution in [0.1, 0.15) is 0 Å². The first-order valence-electron chi connectivity index (χ1n) is 6.28. The number of nitrogens with zero attached hydrogens (tertiary/aromatic N) is 6. The van der Waals surface area contributed by atoms with Crippen LogP contribution >= 0.6 is 15.9 Å². The Morgan fingerprint density at radius 2 is 1.60 bits per heavy atom. The number of nitrogens with two attached hydrogens (primary N) is 1. The molecule has 0 aliphatic carbocycles. The van der Waals surface area contributed by atoms with E-state index in [2.05, 4.69) is 45.7 Å². The van der Waals surface area contributed by atoms with E-state index in [-0.39, 0.29) is 0 Å². The summed E-state index contributed by atoms with van der Waals surface area (Å²) in [4.78, 5) is 21.1. The molecule has 0 atom stereocenters. The van der Waals surface area contributed by atoms with Crippen molar-refractivity contribution in [1.29, 1.82) is 0 Å². The van der Waals surface area contributed by atoms with Crippen molar-refractivity contribution in [3.63, 3.8) is 0 Å². The van der Waals surface area contributed by atoms with Gasteiger partial charge in [0.25, 0.3) is 0 Å². The monoisotopic (exact) mass is 335 g/mol. The van der Waals surface area contributed by atoms with Crippen molar-refractivity contribution in [1.82, 2.24) is 19.9 Å². The van der Waals surface area contributed by atoms with E-state index in [0.29, 0.717) is 5.82 Å². The molecule has 3 heterocycles. The minimum absolute atomic E-state index is 0.462. The number of hydrogen-bond donors (Lipinski definition) is 1. The quantitative estimate of drug-likeness (QED) is 0.874. The summed E-state index contributed by atoms with van der Waals surface area (Å²) in [6.45, 7) is 3.38. The summed E-state index contributed by atoms with van der Waals surface area (Å²) < 4.78 is 0.754. The SMILES string of the molecule is Nc1ncnc(N2CCN(c3ncccn3)CC2)c1Br. The molecule has 0 bridgehead atoms. The van der Waals surface area contributed by atoms with Gasteiger partial charge in [-0.2, -0.15) is 0 Å². The summed E-state index contributed by atoms with van der Waals surface area (Å²) in [6.07, 6.45) is 5.01. The second-order valence-corrected chi connectivity index (χ2v) is 5.21. The molecule has 3 rings (SSSR count). The van der Waals surface area contributed by atoms with Crippen LogP contribution in [0.2, 0.25) is 0 Å². The van der Waals surface area contributed by atoms with E-state index in [9.17, 15) is 0 Å². The van der Waals surface area contributed by atoms with E-state index in [4.69, 9.17) is 5.73 Å². The fourth-order valence-corrected chi connectivity index (χ4v) is 2.62. The van der Waals surface area contributed by atoms with Crippen LogP contribution in [0, 0.1) is 0 Å². The summed E-state index contributed by atoms with van der Waals surface area (Å²) >= 11 is 3.45. The third-order valence-corrected chi connectivity index (χ3v) is 3.97. The number of halogens is 1. The van der Waals surface area contributed by atoms with Crippen LogP contribution in [-0.2, 0) is 0 Å². The molecule has 0 spiro atoms. The number of aromatic nitrogens is 4. The molecule has 20 heavy (non-hydrogen) atoms. The minimum Gasteiger partial charge on any atom is -0.383 e. The molecular weight excluding hydrogens is 322 g/mol. The van der Waals surface area contributed by atoms with Gasteiger partial charge in [0.2, 0.25) is 5.95 Å². The Balaban J connectivity index is 1.71. The Hall–Kier alpha value is -1.96. The van der Waals surface area contributed by atoms with Crippen LogP contribution in [0.15, 0.2) is 29.3 Å². The van der Waals surface area contributed by atoms with Gasteiger partial charge in [0.1, 0.15) is 22.4 Å². The topological polar surface area (TPSA) is 84.1 Å². The summed E-state index contributed by atoms with van der Waals surface area (Å²) in [5, 5.41) is 0. The van der Waals surface area contributed by atoms with Crippen molar-refractivity contribution < 1.29 is 0 Å². The van der Waals surface area contributed by atoms with Crippen LogP contribution in [0.25, 0.3) is 0 Å². The Bertz CT molecular complexity index is 584. The molecule has 0 radical (unpaired) electrons. The maximum atomic E-state index is 5.79. The van der Waals surface area contributed by atoms with Crippen molar-refractivity contribution in [2.24, 2.45) is 0 Å². The molecule has 7 nitrogen and oxygen atoms in total. The largest absolute Gasteiger partial charge is 0.383 e. The minimum atomic E-state index is 0.462. The van der Waals surface area contributed by atoms with E-state index in [0.717, 1.165) is 42.4 Å². The Kier molecular flexibility index (Phi) is 3.64. The molecule has 0 amide bonds. The summed E-state index contributed by atoms with van der Waals surface area (Å²) in [5.74, 6) is 2.07. The van der Waals surface area contributed by atoms with E-state index in [1.54, 1.807) is 12.4 Å². The normalized spacial score (nSPS) is 15.4. The highest BCUT2D eigenvalue weighted by Crippen LogP contribution is 2.28. The standard InChI is InChI=1S/C12H14BrN7/c13-9-10(14)17-8-18-11(9)19-4-6-20(7-5-19)12-15-2-1-3-16-12/h1-3,8H,4-7H2,(H2,14,17,18). The zero-order valence-electron chi connectivity index (χ0n) is 10.8. The highest BCUT2D eigenvalue weighted by atomic mass is 79.9. The average molecular weight is 336 g/mol. The molecule has 2 aromatic heterocycles. The first-order valence-corrected chi connectivity index (χ1v) is 7.08. The van der Waals surface area contributed by atoms with Crippen molar-refractivity contribution >= 4 is 33.5 Å². The van der Waals surface area contributed by atoms with Crippen molar-refractivity contribution in [3.8, 4) is 0 Å². The first-order chi connectivity index (χ1) is 9.75. The molecule has 1 saturated heterocycles. The van der Waals surface area contributed by atoms with Gasteiger partial charge < -0.3 is 15.5 Å². The Morgan fingerprint density at radius 1 is 0.950 bits per heavy atom. The van der Waals surface area contributed by atoms with Gasteiger partial charge in [0.05, 0.1) is 0 Å². The molecule has 2 N–H and O–H groups in total. The highest BCUT2D eigenvalue weighted by Gasteiger charge is 2.22. The predicted octanol–water partition coefficient (Wildman–Crippen LogP) is 0.938. The average Bonchev–Trinajstić information content (AvgIpc) is 2.51. The van der Waals surface area contributed by atoms with E-state index >= 15 is 0 Å². The van der Waals surface area contributed by atoms with E-state index in [1.807, 2.05) is 6.07 Å². The lowest BCUT2D eigenvalue weighted by molar-refractivity contribution is 0.633. The van der Waals surface area contributed by atoms with Crippen molar-refractivity contribution in [2.45, 2.75) is 0 Å². The van der Waals surface area contributed by atoms with Gasteiger partial charge >= 0.3 is 0 Å². The summed E-state index contributed by atoms with van der Waals surface area (Å²) in [6, 6.07) is 1.82. The number of hydrogen-bond acceptors (Lipinski definition) is 7. The molecule has 1 fully saturated rings. The zero-order valence-corrected chi connectivity index (χ0v) is 12.4. The first kappa shape index (κ1) is 13.0. The molecule has 1 aliphatic heterocycles. The van der Waals surface area contributed by atoms with E-state index < -0.39 is 0 Å². The zero-order chi connectivity index (χ0) is 13.9. The number of nitrogen functional groups attached to an aromatic ring is 1. The second kappa shape index (κ2) is 5.58. The molecular formula is C12H14BrN7. The lowest BCUT2D eigenvalue weighted by atomic mass is 10.3. The molecule has 0 unspecified atom stereocenters. The molecule has 8 heteroatoms. The van der Waals surface area contributed by atoms with Gasteiger partial charge in [-0.05, 0) is 22.0 Å². The predicted molar refractivity (Wildman–Crippen MR) is 80.6 cm³/mol. The third kappa shape index (κ3) is 2.51. The summed E-state index contributed by atoms with van der Waals surface area (Å²) in [5.41, 5.74) is 5.79. The Morgan fingerprint density at radius 3 is 2.30 bits per heavy atom. The second-order valence-electron chi connectivity index (χ2n) is 4.42. The smallest absolute Gasteiger partial charge is 0.225 e. The third-order valence-electron chi connectivity index (χ3n) is 3.21. The lowest BCUT2D eigenvalue weighted by Crippen LogP contribution is -2.47. The van der Waals surface area contributed by atoms with Gasteiger partial charge in [-0.25, -0.2) is 19.9 Å².